The number of aryl methyl sites for hydroxylation is 1. The van der Waals surface area contributed by atoms with Crippen LogP contribution in [0.1, 0.15) is 28.8 Å². The zero-order valence-electron chi connectivity index (χ0n) is 11.6. The highest BCUT2D eigenvalue weighted by molar-refractivity contribution is 9.10. The fraction of sp³-hybridized carbons (Fsp3) is 0.533. The molecule has 0 bridgehead atoms. The minimum absolute atomic E-state index is 0.160. The van der Waals surface area contributed by atoms with E-state index in [1.807, 2.05) is 37.1 Å². The Morgan fingerprint density at radius 3 is 2.63 bits per heavy atom. The standard InChI is InChI=1S/C15H21BrN2O/c1-11-7-13(9-14(16)8-11)15(19)18-5-3-12(4-6-18)10-17-2/h7-9,12,17H,3-6,10H2,1-2H3. The normalized spacial score (nSPS) is 16.7. The molecular formula is C15H21BrN2O. The van der Waals surface area contributed by atoms with Crippen LogP contribution in [-0.4, -0.2) is 37.5 Å². The Kier molecular flexibility index (Phi) is 4.99. The Labute approximate surface area is 123 Å². The molecule has 1 N–H and O–H groups in total. The molecular weight excluding hydrogens is 304 g/mol. The average molecular weight is 325 g/mol. The molecule has 0 spiro atoms. The molecule has 2 rings (SSSR count). The number of amides is 1. The van der Waals surface area contributed by atoms with Crippen molar-refractivity contribution < 1.29 is 4.79 Å². The first-order valence-electron chi connectivity index (χ1n) is 6.81. The molecule has 3 nitrogen and oxygen atoms in total. The van der Waals surface area contributed by atoms with Crippen LogP contribution in [0.5, 0.6) is 0 Å². The molecule has 0 radical (unpaired) electrons. The summed E-state index contributed by atoms with van der Waals surface area (Å²) in [5.74, 6) is 0.866. The molecule has 1 aromatic carbocycles. The van der Waals surface area contributed by atoms with Gasteiger partial charge in [-0.3, -0.25) is 4.79 Å². The van der Waals surface area contributed by atoms with Crippen molar-refractivity contribution in [2.75, 3.05) is 26.7 Å². The number of carbonyl (C=O) groups is 1. The van der Waals surface area contributed by atoms with Crippen LogP contribution in [0.25, 0.3) is 0 Å². The molecule has 0 unspecified atom stereocenters. The Hall–Kier alpha value is -0.870. The lowest BCUT2D eigenvalue weighted by Crippen LogP contribution is -2.40. The second-order valence-electron chi connectivity index (χ2n) is 5.31. The number of hydrogen-bond donors (Lipinski definition) is 1. The minimum atomic E-state index is 0.160. The van der Waals surface area contributed by atoms with Gasteiger partial charge in [-0.15, -0.1) is 0 Å². The largest absolute Gasteiger partial charge is 0.339 e. The van der Waals surface area contributed by atoms with Crippen molar-refractivity contribution in [3.63, 3.8) is 0 Å². The van der Waals surface area contributed by atoms with E-state index in [-0.39, 0.29) is 5.91 Å². The van der Waals surface area contributed by atoms with Crippen LogP contribution >= 0.6 is 15.9 Å². The summed E-state index contributed by atoms with van der Waals surface area (Å²) in [7, 11) is 1.99. The number of hydrogen-bond acceptors (Lipinski definition) is 2. The summed E-state index contributed by atoms with van der Waals surface area (Å²) < 4.78 is 0.973. The van der Waals surface area contributed by atoms with Gasteiger partial charge in [0.05, 0.1) is 0 Å². The molecule has 1 heterocycles. The van der Waals surface area contributed by atoms with Crippen molar-refractivity contribution in [3.8, 4) is 0 Å². The summed E-state index contributed by atoms with van der Waals surface area (Å²) in [6, 6.07) is 5.90. The monoisotopic (exact) mass is 324 g/mol. The smallest absolute Gasteiger partial charge is 0.253 e. The van der Waals surface area contributed by atoms with E-state index in [9.17, 15) is 4.79 Å². The van der Waals surface area contributed by atoms with Gasteiger partial charge in [0, 0.05) is 23.1 Å². The third-order valence-electron chi connectivity index (χ3n) is 3.68. The quantitative estimate of drug-likeness (QED) is 0.927. The van der Waals surface area contributed by atoms with Gasteiger partial charge >= 0.3 is 0 Å². The topological polar surface area (TPSA) is 32.3 Å². The molecule has 0 atom stereocenters. The molecule has 0 saturated carbocycles. The SMILES string of the molecule is CNCC1CCN(C(=O)c2cc(C)cc(Br)c2)CC1. The van der Waals surface area contributed by atoms with Gasteiger partial charge in [0.25, 0.3) is 5.91 Å². The minimum Gasteiger partial charge on any atom is -0.339 e. The number of nitrogens with one attached hydrogen (secondary N) is 1. The van der Waals surface area contributed by atoms with Gasteiger partial charge in [-0.1, -0.05) is 15.9 Å². The predicted molar refractivity (Wildman–Crippen MR) is 81.4 cm³/mol. The van der Waals surface area contributed by atoms with Crippen molar-refractivity contribution in [1.29, 1.82) is 0 Å². The number of nitrogens with zero attached hydrogens (tertiary/aromatic N) is 1. The first kappa shape index (κ1) is 14.5. The van der Waals surface area contributed by atoms with Gasteiger partial charge in [-0.25, -0.2) is 0 Å². The molecule has 4 heteroatoms. The lowest BCUT2D eigenvalue weighted by Gasteiger charge is -2.32. The maximum atomic E-state index is 12.5. The number of carbonyl (C=O) groups excluding carboxylic acids is 1. The Morgan fingerprint density at radius 2 is 2.05 bits per heavy atom. The highest BCUT2D eigenvalue weighted by Crippen LogP contribution is 2.21. The van der Waals surface area contributed by atoms with Gasteiger partial charge in [-0.05, 0) is 63.0 Å². The lowest BCUT2D eigenvalue weighted by atomic mass is 9.96. The maximum Gasteiger partial charge on any atom is 0.253 e. The maximum absolute atomic E-state index is 12.5. The lowest BCUT2D eigenvalue weighted by molar-refractivity contribution is 0.0690. The number of piperidine rings is 1. The third kappa shape index (κ3) is 3.80. The van der Waals surface area contributed by atoms with Crippen LogP contribution in [0, 0.1) is 12.8 Å². The van der Waals surface area contributed by atoms with Crippen LogP contribution in [0.2, 0.25) is 0 Å². The van der Waals surface area contributed by atoms with E-state index in [0.29, 0.717) is 5.92 Å². The van der Waals surface area contributed by atoms with Crippen LogP contribution < -0.4 is 5.32 Å². The van der Waals surface area contributed by atoms with Gasteiger partial charge in [0.15, 0.2) is 0 Å². The number of halogens is 1. The summed E-state index contributed by atoms with van der Waals surface area (Å²) in [6.07, 6.45) is 2.19. The molecule has 0 aliphatic carbocycles. The van der Waals surface area contributed by atoms with Crippen LogP contribution in [-0.2, 0) is 0 Å². The van der Waals surface area contributed by atoms with E-state index >= 15 is 0 Å². The number of rotatable bonds is 3. The molecule has 1 saturated heterocycles. The van der Waals surface area contributed by atoms with Gasteiger partial charge in [0.2, 0.25) is 0 Å². The van der Waals surface area contributed by atoms with E-state index < -0.39 is 0 Å². The van der Waals surface area contributed by atoms with Crippen molar-refractivity contribution in [1.82, 2.24) is 10.2 Å². The van der Waals surface area contributed by atoms with E-state index in [0.717, 1.165) is 48.1 Å². The van der Waals surface area contributed by atoms with E-state index in [1.165, 1.54) is 0 Å². The van der Waals surface area contributed by atoms with Gasteiger partial charge < -0.3 is 10.2 Å². The van der Waals surface area contributed by atoms with Crippen LogP contribution in [0.15, 0.2) is 22.7 Å². The molecule has 19 heavy (non-hydrogen) atoms. The first-order valence-corrected chi connectivity index (χ1v) is 7.60. The van der Waals surface area contributed by atoms with Crippen molar-refractivity contribution in [2.24, 2.45) is 5.92 Å². The fourth-order valence-electron chi connectivity index (χ4n) is 2.67. The summed E-state index contributed by atoms with van der Waals surface area (Å²) in [4.78, 5) is 14.4. The summed E-state index contributed by atoms with van der Waals surface area (Å²) in [6.45, 7) is 4.81. The highest BCUT2D eigenvalue weighted by atomic mass is 79.9. The van der Waals surface area contributed by atoms with E-state index in [4.69, 9.17) is 0 Å². The van der Waals surface area contributed by atoms with Crippen molar-refractivity contribution in [3.05, 3.63) is 33.8 Å². The average Bonchev–Trinajstić information content (AvgIpc) is 2.38. The molecule has 1 aliphatic heterocycles. The second kappa shape index (κ2) is 6.53. The molecule has 104 valence electrons. The van der Waals surface area contributed by atoms with Crippen molar-refractivity contribution in [2.45, 2.75) is 19.8 Å². The second-order valence-corrected chi connectivity index (χ2v) is 6.23. The summed E-state index contributed by atoms with van der Waals surface area (Å²) in [5, 5.41) is 3.22. The zero-order chi connectivity index (χ0) is 13.8. The van der Waals surface area contributed by atoms with Gasteiger partial charge in [0.1, 0.15) is 0 Å². The number of likely N-dealkylation sites (tertiary alicyclic amines) is 1. The van der Waals surface area contributed by atoms with E-state index in [1.54, 1.807) is 0 Å². The molecule has 0 aromatic heterocycles. The van der Waals surface area contributed by atoms with E-state index in [2.05, 4.69) is 21.2 Å². The first-order chi connectivity index (χ1) is 9.10. The Morgan fingerprint density at radius 1 is 1.37 bits per heavy atom. The molecule has 1 aliphatic rings. The van der Waals surface area contributed by atoms with Crippen LogP contribution in [0.4, 0.5) is 0 Å². The van der Waals surface area contributed by atoms with Crippen LogP contribution in [0.3, 0.4) is 0 Å². The summed E-state index contributed by atoms with van der Waals surface area (Å²) in [5.41, 5.74) is 1.90. The Balaban J connectivity index is 2.01. The molecule has 1 amide bonds. The summed E-state index contributed by atoms with van der Waals surface area (Å²) >= 11 is 3.46. The molecule has 1 aromatic rings. The third-order valence-corrected chi connectivity index (χ3v) is 4.14. The zero-order valence-corrected chi connectivity index (χ0v) is 13.2. The predicted octanol–water partition coefficient (Wildman–Crippen LogP) is 2.83. The number of benzene rings is 1. The fourth-order valence-corrected chi connectivity index (χ4v) is 3.28. The Bertz CT molecular complexity index is 433. The highest BCUT2D eigenvalue weighted by Gasteiger charge is 2.23. The molecule has 1 fully saturated rings. The van der Waals surface area contributed by atoms with Gasteiger partial charge in [-0.2, -0.15) is 0 Å². The van der Waals surface area contributed by atoms with Crippen molar-refractivity contribution >= 4 is 21.8 Å².